The lowest BCUT2D eigenvalue weighted by Crippen LogP contribution is -1.60. The predicted molar refractivity (Wildman–Crippen MR) is 17.6 cm³/mol. The second-order valence-electron chi connectivity index (χ2n) is 0.0816. The van der Waals surface area contributed by atoms with Gasteiger partial charge in [0.15, 0.2) is 0 Å². The topological polar surface area (TPSA) is 49.7 Å². The molecule has 5 heavy (non-hydrogen) atoms. The molecular weight excluding hydrogens is 72.0 g/mol. The van der Waals surface area contributed by atoms with Gasteiger partial charge in [-0.25, -0.2) is 10.5 Å². The fourth-order valence-electron chi connectivity index (χ4n) is 0. The first-order valence-electron chi connectivity index (χ1n) is 0.865. The quantitative estimate of drug-likeness (QED) is 0.255. The molecule has 3 heteroatoms. The highest BCUT2D eigenvalue weighted by Gasteiger charge is 1.27. The van der Waals surface area contributed by atoms with Crippen molar-refractivity contribution in [2.24, 2.45) is 0 Å². The molecule has 0 aliphatic rings. The first kappa shape index (κ1) is 8.82. The highest BCUT2D eigenvalue weighted by molar-refractivity contribution is 4.22. The standard InChI is InChI=1S/C2H4.H2O3/c1-2;1-3-2/h1-2H2;1-2H. The Kier molecular flexibility index (Phi) is 114. The van der Waals surface area contributed by atoms with Crippen LogP contribution in [-0.2, 0) is 5.04 Å². The van der Waals surface area contributed by atoms with E-state index in [-0.39, 0.29) is 0 Å². The molecule has 32 valence electrons. The van der Waals surface area contributed by atoms with Crippen LogP contribution < -0.4 is 0 Å². The van der Waals surface area contributed by atoms with E-state index in [0.29, 0.717) is 0 Å². The lowest BCUT2D eigenvalue weighted by Gasteiger charge is -1.56. The molecule has 0 aliphatic heterocycles. The van der Waals surface area contributed by atoms with Crippen molar-refractivity contribution in [1.29, 1.82) is 0 Å². The van der Waals surface area contributed by atoms with Crippen molar-refractivity contribution in [3.8, 4) is 0 Å². The summed E-state index contributed by atoms with van der Waals surface area (Å²) in [4.78, 5) is 0. The van der Waals surface area contributed by atoms with Crippen LogP contribution in [0, 0.1) is 0 Å². The van der Waals surface area contributed by atoms with E-state index >= 15 is 0 Å². The first-order valence-corrected chi connectivity index (χ1v) is 0.865. The molecule has 0 aromatic carbocycles. The molecule has 0 unspecified atom stereocenters. The molecule has 0 bridgehead atoms. The van der Waals surface area contributed by atoms with Crippen LogP contribution in [0.4, 0.5) is 0 Å². The summed E-state index contributed by atoms with van der Waals surface area (Å²) in [6.07, 6.45) is 0. The fourth-order valence-corrected chi connectivity index (χ4v) is 0. The monoisotopic (exact) mass is 78.0 g/mol. The van der Waals surface area contributed by atoms with Gasteiger partial charge >= 0.3 is 0 Å². The van der Waals surface area contributed by atoms with Crippen molar-refractivity contribution >= 4 is 0 Å². The van der Waals surface area contributed by atoms with E-state index in [1.165, 1.54) is 0 Å². The SMILES string of the molecule is C=C.OOO. The Labute approximate surface area is 30.0 Å². The van der Waals surface area contributed by atoms with Crippen molar-refractivity contribution in [3.05, 3.63) is 13.2 Å². The lowest BCUT2D eigenvalue weighted by atomic mass is 11.3. The third kappa shape index (κ3) is 65.8. The molecule has 0 aliphatic carbocycles. The Hall–Kier alpha value is -0.380. The molecule has 0 saturated carbocycles. The van der Waals surface area contributed by atoms with Gasteiger partial charge in [-0.15, -0.1) is 13.2 Å². The minimum Gasteiger partial charge on any atom is -0.221 e. The zero-order valence-corrected chi connectivity index (χ0v) is 2.72. The average molecular weight is 78.1 g/mol. The lowest BCUT2D eigenvalue weighted by molar-refractivity contribution is -0.465. The Balaban J connectivity index is 0. The number of hydrogen-bond donors (Lipinski definition) is 2. The van der Waals surface area contributed by atoms with E-state index in [1.54, 1.807) is 0 Å². The molecule has 0 spiro atoms. The van der Waals surface area contributed by atoms with Crippen LogP contribution in [0.3, 0.4) is 0 Å². The van der Waals surface area contributed by atoms with E-state index in [1.807, 2.05) is 0 Å². The number of rotatable bonds is 0. The van der Waals surface area contributed by atoms with E-state index in [4.69, 9.17) is 10.5 Å². The largest absolute Gasteiger partial charge is 0.221 e. The predicted octanol–water partition coefficient (Wildman–Crippen LogP) is 0.751. The normalized spacial score (nSPS) is 4.40. The van der Waals surface area contributed by atoms with Crippen molar-refractivity contribution < 1.29 is 15.6 Å². The van der Waals surface area contributed by atoms with Gasteiger partial charge in [-0.2, -0.15) is 0 Å². The summed E-state index contributed by atoms with van der Waals surface area (Å²) in [5.41, 5.74) is 0. The molecule has 2 N–H and O–H groups in total. The van der Waals surface area contributed by atoms with Gasteiger partial charge in [-0.1, -0.05) is 5.04 Å². The van der Waals surface area contributed by atoms with E-state index in [0.717, 1.165) is 0 Å². The van der Waals surface area contributed by atoms with Gasteiger partial charge in [-0.3, -0.25) is 0 Å². The smallest absolute Gasteiger partial charge is 0.0737 e. The van der Waals surface area contributed by atoms with Gasteiger partial charge in [-0.05, 0) is 0 Å². The minimum atomic E-state index is 2.25. The molecule has 0 amide bonds. The van der Waals surface area contributed by atoms with Crippen LogP contribution in [0.5, 0.6) is 0 Å². The molecule has 0 heterocycles. The molecule has 0 rings (SSSR count). The Morgan fingerprint density at radius 3 is 1.20 bits per heavy atom. The van der Waals surface area contributed by atoms with Crippen LogP contribution in [-0.4, -0.2) is 10.5 Å². The summed E-state index contributed by atoms with van der Waals surface area (Å²) < 4.78 is 0. The molecule has 0 fully saturated rings. The summed E-state index contributed by atoms with van der Waals surface area (Å²) >= 11 is 0. The Morgan fingerprint density at radius 1 is 1.20 bits per heavy atom. The van der Waals surface area contributed by atoms with Crippen molar-refractivity contribution in [1.82, 2.24) is 0 Å². The third-order valence-corrected chi connectivity index (χ3v) is 0. The van der Waals surface area contributed by atoms with Gasteiger partial charge in [0.05, 0.1) is 0 Å². The molecule has 3 nitrogen and oxygen atoms in total. The van der Waals surface area contributed by atoms with E-state index < -0.39 is 0 Å². The molecular formula is C2H6O3. The second-order valence-corrected chi connectivity index (χ2v) is 0.0816. The van der Waals surface area contributed by atoms with E-state index in [9.17, 15) is 0 Å². The maximum atomic E-state index is 6.62. The highest BCUT2D eigenvalue weighted by Crippen LogP contribution is 1.24. The van der Waals surface area contributed by atoms with Crippen LogP contribution >= 0.6 is 0 Å². The van der Waals surface area contributed by atoms with E-state index in [2.05, 4.69) is 18.2 Å². The van der Waals surface area contributed by atoms with Gasteiger partial charge in [0.1, 0.15) is 0 Å². The summed E-state index contributed by atoms with van der Waals surface area (Å²) in [5, 5.41) is 15.5. The van der Waals surface area contributed by atoms with Crippen LogP contribution in [0.1, 0.15) is 0 Å². The number of hydrogen-bond acceptors (Lipinski definition) is 3. The molecule has 0 atom stereocenters. The summed E-state index contributed by atoms with van der Waals surface area (Å²) in [5.74, 6) is 0. The zero-order chi connectivity index (χ0) is 4.71. The molecule has 0 aromatic heterocycles. The molecule has 0 radical (unpaired) electrons. The van der Waals surface area contributed by atoms with Gasteiger partial charge in [0, 0.05) is 0 Å². The Bertz CT molecular complexity index is 8.85. The van der Waals surface area contributed by atoms with Crippen LogP contribution in [0.2, 0.25) is 0 Å². The van der Waals surface area contributed by atoms with Crippen molar-refractivity contribution in [2.45, 2.75) is 0 Å². The van der Waals surface area contributed by atoms with Gasteiger partial charge < -0.3 is 0 Å². The fraction of sp³-hybridized carbons (Fsp3) is 0. The van der Waals surface area contributed by atoms with Crippen LogP contribution in [0.25, 0.3) is 0 Å². The maximum absolute atomic E-state index is 6.62. The summed E-state index contributed by atoms with van der Waals surface area (Å²) in [6.45, 7) is 6.00. The maximum Gasteiger partial charge on any atom is -0.0737 e. The third-order valence-electron chi connectivity index (χ3n) is 0. The highest BCUT2D eigenvalue weighted by atomic mass is 17.4. The zero-order valence-electron chi connectivity index (χ0n) is 2.72. The molecule has 0 aromatic rings. The van der Waals surface area contributed by atoms with Gasteiger partial charge in [0.25, 0.3) is 0 Å². The molecule has 0 saturated heterocycles. The van der Waals surface area contributed by atoms with Crippen LogP contribution in [0.15, 0.2) is 13.2 Å². The first-order chi connectivity index (χ1) is 2.41. The minimum absolute atomic E-state index is 2.25. The summed E-state index contributed by atoms with van der Waals surface area (Å²) in [7, 11) is 0. The van der Waals surface area contributed by atoms with Gasteiger partial charge in [0.2, 0.25) is 0 Å². The van der Waals surface area contributed by atoms with Crippen molar-refractivity contribution in [2.75, 3.05) is 0 Å². The average Bonchev–Trinajstić information content (AvgIpc) is 1.46. The van der Waals surface area contributed by atoms with Crippen molar-refractivity contribution in [3.63, 3.8) is 0 Å². The summed E-state index contributed by atoms with van der Waals surface area (Å²) in [6, 6.07) is 0. The second kappa shape index (κ2) is 64.6. The Morgan fingerprint density at radius 2 is 1.20 bits per heavy atom.